The van der Waals surface area contributed by atoms with Gasteiger partial charge in [0.2, 0.25) is 5.91 Å². The Hall–Kier alpha value is -0.950. The lowest BCUT2D eigenvalue weighted by atomic mass is 10.0. The van der Waals surface area contributed by atoms with E-state index >= 15 is 0 Å². The van der Waals surface area contributed by atoms with Crippen molar-refractivity contribution in [3.8, 4) is 0 Å². The Labute approximate surface area is 129 Å². The number of hydrogen-bond acceptors (Lipinski definition) is 5. The summed E-state index contributed by atoms with van der Waals surface area (Å²) in [6.45, 7) is 4.94. The molecule has 1 N–H and O–H groups in total. The summed E-state index contributed by atoms with van der Waals surface area (Å²) in [5, 5.41) is 14.7. The zero-order valence-electron chi connectivity index (χ0n) is 12.2. The van der Waals surface area contributed by atoms with E-state index in [0.29, 0.717) is 32.5 Å². The molecule has 0 saturated carbocycles. The van der Waals surface area contributed by atoms with Crippen LogP contribution in [0.2, 0.25) is 0 Å². The number of β-amino-alcohol motifs (C(OH)–C–C–N with tert-alkyl or cyclic N) is 1. The minimum Gasteiger partial charge on any atom is -0.387 e. The van der Waals surface area contributed by atoms with Crippen LogP contribution in [0.4, 0.5) is 0 Å². The monoisotopic (exact) mass is 310 g/mol. The van der Waals surface area contributed by atoms with Crippen LogP contribution >= 0.6 is 11.3 Å². The lowest BCUT2D eigenvalue weighted by Gasteiger charge is -2.33. The molecule has 0 bridgehead atoms. The number of rotatable bonds is 4. The SMILES string of the molecule is O=C(Cc1ccsc1)N1CCC(O)(CN2CCOCC2)C1. The third-order valence-corrected chi connectivity index (χ3v) is 4.97. The summed E-state index contributed by atoms with van der Waals surface area (Å²) in [5.41, 5.74) is 0.301. The van der Waals surface area contributed by atoms with Crippen LogP contribution in [0, 0.1) is 0 Å². The molecule has 2 aliphatic rings. The molecule has 1 atom stereocenters. The molecule has 1 amide bonds. The van der Waals surface area contributed by atoms with Gasteiger partial charge in [-0.1, -0.05) is 0 Å². The Balaban J connectivity index is 1.52. The Morgan fingerprint density at radius 1 is 1.38 bits per heavy atom. The molecule has 116 valence electrons. The van der Waals surface area contributed by atoms with E-state index in [-0.39, 0.29) is 5.91 Å². The second kappa shape index (κ2) is 6.44. The van der Waals surface area contributed by atoms with Crippen molar-refractivity contribution < 1.29 is 14.6 Å². The quantitative estimate of drug-likeness (QED) is 0.884. The van der Waals surface area contributed by atoms with E-state index in [4.69, 9.17) is 4.74 Å². The van der Waals surface area contributed by atoms with Gasteiger partial charge in [0.1, 0.15) is 0 Å². The second-order valence-electron chi connectivity index (χ2n) is 5.99. The van der Waals surface area contributed by atoms with E-state index in [0.717, 1.165) is 31.9 Å². The summed E-state index contributed by atoms with van der Waals surface area (Å²) in [7, 11) is 0. The van der Waals surface area contributed by atoms with Crippen LogP contribution in [0.15, 0.2) is 16.8 Å². The molecule has 1 aromatic heterocycles. The molecule has 21 heavy (non-hydrogen) atoms. The zero-order chi connectivity index (χ0) is 14.7. The summed E-state index contributed by atoms with van der Waals surface area (Å²) < 4.78 is 5.33. The Bertz CT molecular complexity index is 473. The molecule has 1 aromatic rings. The van der Waals surface area contributed by atoms with E-state index in [1.165, 1.54) is 0 Å². The number of thiophene rings is 1. The van der Waals surface area contributed by atoms with Crippen molar-refractivity contribution in [2.75, 3.05) is 45.9 Å². The van der Waals surface area contributed by atoms with Gasteiger partial charge in [-0.05, 0) is 28.8 Å². The molecule has 6 heteroatoms. The van der Waals surface area contributed by atoms with Gasteiger partial charge < -0.3 is 14.7 Å². The second-order valence-corrected chi connectivity index (χ2v) is 6.77. The van der Waals surface area contributed by atoms with Gasteiger partial charge in [-0.15, -0.1) is 0 Å². The standard InChI is InChI=1S/C15H22N2O3S/c18-14(9-13-1-8-21-10-13)17-3-2-15(19,12-17)11-16-4-6-20-7-5-16/h1,8,10,19H,2-7,9,11-12H2. The molecule has 3 heterocycles. The van der Waals surface area contributed by atoms with Crippen molar-refractivity contribution in [1.82, 2.24) is 9.80 Å². The van der Waals surface area contributed by atoms with Crippen LogP contribution in [0.3, 0.4) is 0 Å². The number of ether oxygens (including phenoxy) is 1. The topological polar surface area (TPSA) is 53.0 Å². The Morgan fingerprint density at radius 2 is 2.19 bits per heavy atom. The summed E-state index contributed by atoms with van der Waals surface area (Å²) in [5.74, 6) is 0.117. The van der Waals surface area contributed by atoms with Crippen LogP contribution in [-0.4, -0.2) is 72.4 Å². The van der Waals surface area contributed by atoms with Gasteiger partial charge in [-0.2, -0.15) is 11.3 Å². The molecular weight excluding hydrogens is 288 g/mol. The van der Waals surface area contributed by atoms with Crippen molar-refractivity contribution in [1.29, 1.82) is 0 Å². The maximum Gasteiger partial charge on any atom is 0.227 e. The molecule has 2 saturated heterocycles. The molecule has 0 radical (unpaired) electrons. The van der Waals surface area contributed by atoms with E-state index in [9.17, 15) is 9.90 Å². The van der Waals surface area contributed by atoms with Crippen molar-refractivity contribution in [3.05, 3.63) is 22.4 Å². The van der Waals surface area contributed by atoms with Crippen LogP contribution in [0.1, 0.15) is 12.0 Å². The first-order chi connectivity index (χ1) is 10.1. The fourth-order valence-electron chi connectivity index (χ4n) is 3.05. The molecule has 2 fully saturated rings. The molecule has 1 unspecified atom stereocenters. The molecular formula is C15H22N2O3S. The molecule has 5 nitrogen and oxygen atoms in total. The Morgan fingerprint density at radius 3 is 2.90 bits per heavy atom. The highest BCUT2D eigenvalue weighted by Gasteiger charge is 2.39. The van der Waals surface area contributed by atoms with Crippen molar-refractivity contribution in [3.63, 3.8) is 0 Å². The van der Waals surface area contributed by atoms with Gasteiger partial charge in [0, 0.05) is 26.2 Å². The highest BCUT2D eigenvalue weighted by molar-refractivity contribution is 7.07. The highest BCUT2D eigenvalue weighted by Crippen LogP contribution is 2.24. The maximum atomic E-state index is 12.3. The summed E-state index contributed by atoms with van der Waals surface area (Å²) in [4.78, 5) is 16.3. The van der Waals surface area contributed by atoms with Gasteiger partial charge in [-0.3, -0.25) is 9.69 Å². The summed E-state index contributed by atoms with van der Waals surface area (Å²) in [6.07, 6.45) is 1.11. The van der Waals surface area contributed by atoms with Gasteiger partial charge in [0.15, 0.2) is 0 Å². The van der Waals surface area contributed by atoms with E-state index in [1.807, 2.05) is 16.8 Å². The van der Waals surface area contributed by atoms with Crippen LogP contribution in [0.5, 0.6) is 0 Å². The first-order valence-electron chi connectivity index (χ1n) is 7.46. The lowest BCUT2D eigenvalue weighted by molar-refractivity contribution is -0.130. The predicted octanol–water partition coefficient (Wildman–Crippen LogP) is 0.586. The number of aliphatic hydroxyl groups is 1. The minimum absolute atomic E-state index is 0.117. The van der Waals surface area contributed by atoms with Gasteiger partial charge in [0.25, 0.3) is 0 Å². The molecule has 2 aliphatic heterocycles. The van der Waals surface area contributed by atoms with Crippen LogP contribution in [0.25, 0.3) is 0 Å². The third-order valence-electron chi connectivity index (χ3n) is 4.24. The smallest absolute Gasteiger partial charge is 0.227 e. The van der Waals surface area contributed by atoms with Crippen LogP contribution < -0.4 is 0 Å². The first-order valence-corrected chi connectivity index (χ1v) is 8.40. The minimum atomic E-state index is -0.762. The number of amides is 1. The number of carbonyl (C=O) groups excluding carboxylic acids is 1. The van der Waals surface area contributed by atoms with Gasteiger partial charge >= 0.3 is 0 Å². The van der Waals surface area contributed by atoms with Crippen molar-refractivity contribution in [2.24, 2.45) is 0 Å². The molecule has 0 spiro atoms. The average molecular weight is 310 g/mol. The summed E-state index contributed by atoms with van der Waals surface area (Å²) >= 11 is 1.61. The average Bonchev–Trinajstić information content (AvgIpc) is 3.10. The van der Waals surface area contributed by atoms with Gasteiger partial charge in [0.05, 0.1) is 31.8 Å². The largest absolute Gasteiger partial charge is 0.387 e. The van der Waals surface area contributed by atoms with E-state index in [2.05, 4.69) is 4.90 Å². The Kier molecular flexibility index (Phi) is 4.59. The van der Waals surface area contributed by atoms with E-state index < -0.39 is 5.60 Å². The first kappa shape index (κ1) is 15.0. The highest BCUT2D eigenvalue weighted by atomic mass is 32.1. The number of likely N-dealkylation sites (tertiary alicyclic amines) is 1. The fraction of sp³-hybridized carbons (Fsp3) is 0.667. The summed E-state index contributed by atoms with van der Waals surface area (Å²) in [6, 6.07) is 1.98. The lowest BCUT2D eigenvalue weighted by Crippen LogP contribution is -2.49. The maximum absolute atomic E-state index is 12.3. The number of carbonyl (C=O) groups is 1. The van der Waals surface area contributed by atoms with Gasteiger partial charge in [-0.25, -0.2) is 0 Å². The number of hydrogen-bond donors (Lipinski definition) is 1. The number of nitrogens with zero attached hydrogens (tertiary/aromatic N) is 2. The third kappa shape index (κ3) is 3.83. The molecule has 3 rings (SSSR count). The van der Waals surface area contributed by atoms with Crippen LogP contribution in [-0.2, 0) is 16.0 Å². The van der Waals surface area contributed by atoms with E-state index in [1.54, 1.807) is 16.2 Å². The van der Waals surface area contributed by atoms with Crippen molar-refractivity contribution >= 4 is 17.2 Å². The zero-order valence-corrected chi connectivity index (χ0v) is 13.0. The molecule has 0 aliphatic carbocycles. The number of morpholine rings is 1. The van der Waals surface area contributed by atoms with Crippen molar-refractivity contribution in [2.45, 2.75) is 18.4 Å². The predicted molar refractivity (Wildman–Crippen MR) is 81.4 cm³/mol. The normalized spacial score (nSPS) is 27.2. The molecule has 0 aromatic carbocycles. The fourth-order valence-corrected chi connectivity index (χ4v) is 3.72.